The second kappa shape index (κ2) is 12.4. The molecular weight excluding hydrogens is 452 g/mol. The minimum absolute atomic E-state index is 0.631. The van der Waals surface area contributed by atoms with E-state index in [1.807, 2.05) is 11.9 Å². The summed E-state index contributed by atoms with van der Waals surface area (Å²) in [5, 5.41) is 7.33. The van der Waals surface area contributed by atoms with E-state index in [0.29, 0.717) is 6.04 Å². The molecule has 0 unspecified atom stereocenters. The zero-order chi connectivity index (χ0) is 23.0. The molecule has 182 valence electrons. The molecule has 2 aromatic rings. The molecule has 2 fully saturated rings. The smallest absolute Gasteiger partial charge is 0.207 e. The maximum atomic E-state index is 10.6. The number of hydrogen-bond acceptors (Lipinski definition) is 8. The van der Waals surface area contributed by atoms with Crippen molar-refractivity contribution in [1.82, 2.24) is 24.4 Å². The lowest BCUT2D eigenvalue weighted by molar-refractivity contribution is -0.109. The Morgan fingerprint density at radius 3 is 2.85 bits per heavy atom. The van der Waals surface area contributed by atoms with Gasteiger partial charge in [-0.1, -0.05) is 11.3 Å². The van der Waals surface area contributed by atoms with E-state index in [-0.39, 0.29) is 0 Å². The fraction of sp³-hybridized carbons (Fsp3) is 0.667. The summed E-state index contributed by atoms with van der Waals surface area (Å²) in [6, 6.07) is 7.25. The molecule has 4 rings (SSSR count). The summed E-state index contributed by atoms with van der Waals surface area (Å²) in [5.41, 5.74) is 1.07. The molecule has 3 heterocycles. The van der Waals surface area contributed by atoms with Gasteiger partial charge < -0.3 is 20.4 Å². The summed E-state index contributed by atoms with van der Waals surface area (Å²) < 4.78 is 3.72. The second-order valence-corrected chi connectivity index (χ2v) is 11.6. The Balaban J connectivity index is 1.32. The lowest BCUT2D eigenvalue weighted by Gasteiger charge is -2.43. The van der Waals surface area contributed by atoms with Crippen LogP contribution in [0.3, 0.4) is 0 Å². The molecule has 0 bridgehead atoms. The van der Waals surface area contributed by atoms with Gasteiger partial charge in [-0.2, -0.15) is 0 Å². The third-order valence-corrected chi connectivity index (χ3v) is 8.52. The van der Waals surface area contributed by atoms with Crippen LogP contribution >= 0.6 is 23.3 Å². The number of benzene rings is 1. The highest BCUT2D eigenvalue weighted by Crippen LogP contribution is 2.33. The molecule has 0 atom stereocenters. The van der Waals surface area contributed by atoms with Crippen LogP contribution in [0, 0.1) is 5.92 Å². The van der Waals surface area contributed by atoms with Crippen molar-refractivity contribution < 1.29 is 4.79 Å². The van der Waals surface area contributed by atoms with Crippen LogP contribution < -0.4 is 10.6 Å². The first kappa shape index (κ1) is 24.7. The number of rotatable bonds is 14. The number of amides is 1. The number of carbonyl (C=O) groups excluding carboxylic acids is 1. The van der Waals surface area contributed by atoms with Crippen LogP contribution in [0.5, 0.6) is 0 Å². The van der Waals surface area contributed by atoms with Crippen LogP contribution in [0.1, 0.15) is 33.1 Å². The molecule has 2 aliphatic rings. The first-order chi connectivity index (χ1) is 16.1. The topological polar surface area (TPSA) is 63.7 Å². The van der Waals surface area contributed by atoms with Crippen molar-refractivity contribution in [3.8, 4) is 0 Å². The van der Waals surface area contributed by atoms with Gasteiger partial charge >= 0.3 is 0 Å². The highest BCUT2D eigenvalue weighted by Gasteiger charge is 2.30. The number of thiazole rings is 1. The van der Waals surface area contributed by atoms with Crippen molar-refractivity contribution in [2.45, 2.75) is 44.0 Å². The van der Waals surface area contributed by atoms with Crippen LogP contribution in [0.2, 0.25) is 0 Å². The number of nitrogens with zero attached hydrogens (tertiary/aromatic N) is 4. The average Bonchev–Trinajstić information content (AvgIpc) is 3.42. The summed E-state index contributed by atoms with van der Waals surface area (Å²) in [6.07, 6.45) is 4.42. The first-order valence-corrected chi connectivity index (χ1v) is 13.9. The molecular formula is C24H38N6OS2. The number of likely N-dealkylation sites (tertiary alicyclic amines) is 2. The van der Waals surface area contributed by atoms with Gasteiger partial charge in [0.15, 0.2) is 5.13 Å². The zero-order valence-electron chi connectivity index (χ0n) is 20.0. The Kier molecular flexibility index (Phi) is 9.26. The van der Waals surface area contributed by atoms with E-state index in [0.717, 1.165) is 62.1 Å². The molecule has 0 aliphatic carbocycles. The van der Waals surface area contributed by atoms with E-state index in [2.05, 4.69) is 56.8 Å². The number of fused-ring (bicyclic) bond motifs is 1. The molecule has 33 heavy (non-hydrogen) atoms. The van der Waals surface area contributed by atoms with Gasteiger partial charge in [-0.3, -0.25) is 4.79 Å². The van der Waals surface area contributed by atoms with Crippen LogP contribution in [0.4, 0.5) is 5.13 Å². The molecule has 1 aromatic heterocycles. The van der Waals surface area contributed by atoms with Gasteiger partial charge in [-0.05, 0) is 82.3 Å². The van der Waals surface area contributed by atoms with Gasteiger partial charge in [0, 0.05) is 56.8 Å². The Morgan fingerprint density at radius 2 is 2.09 bits per heavy atom. The molecule has 7 nitrogen and oxygen atoms in total. The Bertz CT molecular complexity index is 879. The second-order valence-electron chi connectivity index (χ2n) is 9.44. The standard InChI is InChI=1S/C24H38N6OS2/c1-19(2)29-15-20(16-29)17-30(12-5-8-25-18-31)33-21-6-7-22-23(14-21)32-24(27-22)26-9-13-28-10-3-4-11-28/h6-7,14,18-20H,3-5,8-13,15-17H2,1-2H3,(H,25,31)(H,26,27). The Hall–Kier alpha value is -1.39. The highest BCUT2D eigenvalue weighted by molar-refractivity contribution is 7.97. The van der Waals surface area contributed by atoms with Crippen LogP contribution in [-0.4, -0.2) is 90.4 Å². The number of carbonyl (C=O) groups is 1. The zero-order valence-corrected chi connectivity index (χ0v) is 21.6. The van der Waals surface area contributed by atoms with Crippen molar-refractivity contribution in [3.05, 3.63) is 18.2 Å². The van der Waals surface area contributed by atoms with E-state index < -0.39 is 0 Å². The Morgan fingerprint density at radius 1 is 1.27 bits per heavy atom. The molecule has 0 radical (unpaired) electrons. The molecule has 0 saturated carbocycles. The molecule has 1 aromatic carbocycles. The maximum Gasteiger partial charge on any atom is 0.207 e. The van der Waals surface area contributed by atoms with Crippen molar-refractivity contribution in [1.29, 1.82) is 0 Å². The van der Waals surface area contributed by atoms with Gasteiger partial charge in [0.05, 0.1) is 10.2 Å². The summed E-state index contributed by atoms with van der Waals surface area (Å²) >= 11 is 3.59. The number of nitrogens with one attached hydrogen (secondary N) is 2. The SMILES string of the molecule is CC(C)N1CC(CN(CCCNC=O)Sc2ccc3nc(NCCN4CCCC4)sc3c2)C1. The van der Waals surface area contributed by atoms with Crippen LogP contribution in [0.25, 0.3) is 10.2 Å². The average molecular weight is 491 g/mol. The van der Waals surface area contributed by atoms with Crippen molar-refractivity contribution in [2.24, 2.45) is 5.92 Å². The van der Waals surface area contributed by atoms with E-state index in [1.54, 1.807) is 11.3 Å². The molecule has 0 spiro atoms. The summed E-state index contributed by atoms with van der Waals surface area (Å²) in [7, 11) is 0. The van der Waals surface area contributed by atoms with Gasteiger partial charge in [-0.25, -0.2) is 9.29 Å². The van der Waals surface area contributed by atoms with E-state index in [9.17, 15) is 4.79 Å². The fourth-order valence-corrected chi connectivity index (χ4v) is 6.65. The molecule has 2 N–H and O–H groups in total. The quantitative estimate of drug-likeness (QED) is 0.238. The lowest BCUT2D eigenvalue weighted by Crippen LogP contribution is -2.53. The Labute approximate surface area is 206 Å². The van der Waals surface area contributed by atoms with Gasteiger partial charge in [0.1, 0.15) is 0 Å². The van der Waals surface area contributed by atoms with Crippen molar-refractivity contribution in [3.63, 3.8) is 0 Å². The van der Waals surface area contributed by atoms with E-state index >= 15 is 0 Å². The lowest BCUT2D eigenvalue weighted by atomic mass is 9.98. The number of anilines is 1. The van der Waals surface area contributed by atoms with Crippen LogP contribution in [-0.2, 0) is 4.79 Å². The molecule has 2 saturated heterocycles. The third-order valence-electron chi connectivity index (χ3n) is 6.49. The fourth-order valence-electron chi connectivity index (χ4n) is 4.54. The summed E-state index contributed by atoms with van der Waals surface area (Å²) in [6.45, 7) is 14.2. The maximum absolute atomic E-state index is 10.6. The van der Waals surface area contributed by atoms with Gasteiger partial charge in [-0.15, -0.1) is 0 Å². The van der Waals surface area contributed by atoms with E-state index in [1.165, 1.54) is 48.6 Å². The number of aromatic nitrogens is 1. The van der Waals surface area contributed by atoms with Gasteiger partial charge in [0.2, 0.25) is 6.41 Å². The molecule has 2 aliphatic heterocycles. The van der Waals surface area contributed by atoms with Crippen molar-refractivity contribution >= 4 is 45.0 Å². The molecule has 9 heteroatoms. The summed E-state index contributed by atoms with van der Waals surface area (Å²) in [5.74, 6) is 0.720. The number of hydrogen-bond donors (Lipinski definition) is 2. The highest BCUT2D eigenvalue weighted by atomic mass is 32.2. The minimum atomic E-state index is 0.631. The third kappa shape index (κ3) is 7.29. The monoisotopic (exact) mass is 490 g/mol. The van der Waals surface area contributed by atoms with E-state index in [4.69, 9.17) is 4.98 Å². The first-order valence-electron chi connectivity index (χ1n) is 12.3. The summed E-state index contributed by atoms with van der Waals surface area (Å²) in [4.78, 5) is 21.7. The van der Waals surface area contributed by atoms with Gasteiger partial charge in [0.25, 0.3) is 0 Å². The minimum Gasteiger partial charge on any atom is -0.360 e. The largest absolute Gasteiger partial charge is 0.360 e. The normalized spacial score (nSPS) is 17.8. The predicted molar refractivity (Wildman–Crippen MR) is 140 cm³/mol. The van der Waals surface area contributed by atoms with Crippen LogP contribution in [0.15, 0.2) is 23.1 Å². The molecule has 1 amide bonds. The predicted octanol–water partition coefficient (Wildman–Crippen LogP) is 3.59. The van der Waals surface area contributed by atoms with Crippen molar-refractivity contribution in [2.75, 3.05) is 64.2 Å².